The first-order valence-electron chi connectivity index (χ1n) is 12.1. The van der Waals surface area contributed by atoms with E-state index >= 15 is 0 Å². The van der Waals surface area contributed by atoms with Crippen molar-refractivity contribution in [3.8, 4) is 0 Å². The minimum absolute atomic E-state index is 0.0150. The number of hydrogen-bond donors (Lipinski definition) is 2. The van der Waals surface area contributed by atoms with Gasteiger partial charge in [0.05, 0.1) is 12.3 Å². The molecule has 0 spiro atoms. The van der Waals surface area contributed by atoms with Crippen LogP contribution in [0.25, 0.3) is 10.9 Å². The number of aromatic nitrogens is 1. The monoisotopic (exact) mass is 448 g/mol. The molecule has 7 nitrogen and oxygen atoms in total. The molecule has 2 fully saturated rings. The largest absolute Gasteiger partial charge is 0.468 e. The van der Waals surface area contributed by atoms with Crippen molar-refractivity contribution in [3.63, 3.8) is 0 Å². The molecule has 2 aliphatic heterocycles. The minimum Gasteiger partial charge on any atom is -0.468 e. The van der Waals surface area contributed by atoms with Gasteiger partial charge in [0.2, 0.25) is 11.8 Å². The van der Waals surface area contributed by atoms with Gasteiger partial charge < -0.3 is 19.6 Å². The maximum Gasteiger partial charge on any atom is 0.242 e. The molecule has 33 heavy (non-hydrogen) atoms. The molecule has 3 aromatic rings. The minimum atomic E-state index is -0.437. The number of nitrogens with zero attached hydrogens (tertiary/aromatic N) is 2. The van der Waals surface area contributed by atoms with Crippen molar-refractivity contribution in [2.45, 2.75) is 57.2 Å². The molecule has 2 aromatic heterocycles. The Bertz CT molecular complexity index is 1080. The topological polar surface area (TPSA) is 81.6 Å². The number of carbonyl (C=O) groups excluding carboxylic acids is 2. The van der Waals surface area contributed by atoms with Crippen LogP contribution in [0.2, 0.25) is 0 Å². The molecule has 0 saturated carbocycles. The van der Waals surface area contributed by atoms with Gasteiger partial charge in [-0.1, -0.05) is 31.0 Å². The Balaban J connectivity index is 1.27. The van der Waals surface area contributed by atoms with Crippen molar-refractivity contribution < 1.29 is 14.0 Å². The number of carbonyl (C=O) groups is 2. The van der Waals surface area contributed by atoms with Crippen LogP contribution in [0.15, 0.2) is 53.3 Å². The number of aromatic amines is 1. The van der Waals surface area contributed by atoms with E-state index in [2.05, 4.69) is 15.2 Å². The van der Waals surface area contributed by atoms with E-state index in [4.69, 9.17) is 4.42 Å². The second-order valence-electron chi connectivity index (χ2n) is 9.16. The van der Waals surface area contributed by atoms with Gasteiger partial charge in [-0.25, -0.2) is 0 Å². The van der Waals surface area contributed by atoms with E-state index in [0.717, 1.165) is 35.3 Å². The first-order valence-corrected chi connectivity index (χ1v) is 12.1. The predicted octanol–water partition coefficient (Wildman–Crippen LogP) is 3.99. The van der Waals surface area contributed by atoms with Gasteiger partial charge in [0.15, 0.2) is 0 Å². The zero-order valence-corrected chi connectivity index (χ0v) is 19.0. The van der Waals surface area contributed by atoms with E-state index in [9.17, 15) is 9.59 Å². The predicted molar refractivity (Wildman–Crippen MR) is 126 cm³/mol. The lowest BCUT2D eigenvalue weighted by Gasteiger charge is -2.30. The smallest absolute Gasteiger partial charge is 0.242 e. The highest BCUT2D eigenvalue weighted by atomic mass is 16.3. The van der Waals surface area contributed by atoms with E-state index in [1.807, 2.05) is 42.6 Å². The molecule has 2 N–H and O–H groups in total. The van der Waals surface area contributed by atoms with Crippen molar-refractivity contribution in [2.75, 3.05) is 19.6 Å². The maximum atomic E-state index is 13.3. The Morgan fingerprint density at radius 1 is 1.12 bits per heavy atom. The fourth-order valence-electron chi connectivity index (χ4n) is 5.26. The highest BCUT2D eigenvalue weighted by Gasteiger charge is 2.37. The van der Waals surface area contributed by atoms with Crippen LogP contribution in [0.1, 0.15) is 55.9 Å². The third kappa shape index (κ3) is 4.69. The summed E-state index contributed by atoms with van der Waals surface area (Å²) in [5.74, 6) is 0.845. The quantitative estimate of drug-likeness (QED) is 0.573. The molecule has 0 radical (unpaired) electrons. The molecule has 0 aliphatic carbocycles. The molecule has 4 heterocycles. The molecule has 1 aromatic carbocycles. The van der Waals surface area contributed by atoms with Crippen molar-refractivity contribution >= 4 is 22.7 Å². The Morgan fingerprint density at radius 3 is 2.73 bits per heavy atom. The fourth-order valence-corrected chi connectivity index (χ4v) is 5.26. The average molecular weight is 449 g/mol. The van der Waals surface area contributed by atoms with Gasteiger partial charge in [-0.05, 0) is 56.1 Å². The third-order valence-electron chi connectivity index (χ3n) is 7.07. The van der Waals surface area contributed by atoms with E-state index in [1.54, 1.807) is 11.2 Å². The summed E-state index contributed by atoms with van der Waals surface area (Å²) < 4.78 is 5.74. The number of fused-ring (bicyclic) bond motifs is 1. The van der Waals surface area contributed by atoms with Crippen molar-refractivity contribution in [2.24, 2.45) is 0 Å². The van der Waals surface area contributed by atoms with E-state index in [-0.39, 0.29) is 17.9 Å². The zero-order valence-electron chi connectivity index (χ0n) is 19.0. The van der Waals surface area contributed by atoms with Gasteiger partial charge in [-0.3, -0.25) is 14.5 Å². The van der Waals surface area contributed by atoms with Crippen molar-refractivity contribution in [1.29, 1.82) is 0 Å². The first kappa shape index (κ1) is 21.8. The molecule has 174 valence electrons. The highest BCUT2D eigenvalue weighted by molar-refractivity contribution is 5.91. The Morgan fingerprint density at radius 2 is 1.94 bits per heavy atom. The summed E-state index contributed by atoms with van der Waals surface area (Å²) in [6.45, 7) is 2.94. The van der Waals surface area contributed by atoms with E-state index in [0.29, 0.717) is 25.9 Å². The number of nitrogens with one attached hydrogen (secondary N) is 2. The summed E-state index contributed by atoms with van der Waals surface area (Å²) in [7, 11) is 0. The summed E-state index contributed by atoms with van der Waals surface area (Å²) in [4.78, 5) is 33.4. The molecular formula is C26H32N4O3. The Hall–Kier alpha value is -3.06. The van der Waals surface area contributed by atoms with Crippen LogP contribution >= 0.6 is 0 Å². The average Bonchev–Trinajstić information content (AvgIpc) is 3.53. The van der Waals surface area contributed by atoms with Gasteiger partial charge in [-0.2, -0.15) is 0 Å². The van der Waals surface area contributed by atoms with Gasteiger partial charge in [0.25, 0.3) is 0 Å². The SMILES string of the molecule is O=C(NCC(c1ccco1)N1CCCCCC1)C1CCC(=O)N1Cc1c[nH]c2ccccc12. The highest BCUT2D eigenvalue weighted by Crippen LogP contribution is 2.27. The zero-order chi connectivity index (χ0) is 22.6. The summed E-state index contributed by atoms with van der Waals surface area (Å²) in [6, 6.07) is 11.5. The lowest BCUT2D eigenvalue weighted by Crippen LogP contribution is -2.47. The molecule has 2 aliphatic rings. The van der Waals surface area contributed by atoms with Crippen LogP contribution in [-0.4, -0.2) is 52.3 Å². The summed E-state index contributed by atoms with van der Waals surface area (Å²) in [6.07, 6.45) is 9.44. The Labute approximate surface area is 194 Å². The van der Waals surface area contributed by atoms with Crippen LogP contribution in [0, 0.1) is 0 Å². The summed E-state index contributed by atoms with van der Waals surface area (Å²) >= 11 is 0. The molecule has 2 atom stereocenters. The second-order valence-corrected chi connectivity index (χ2v) is 9.16. The Kier molecular flexibility index (Phi) is 6.48. The van der Waals surface area contributed by atoms with Gasteiger partial charge in [-0.15, -0.1) is 0 Å². The standard InChI is InChI=1S/C26H32N4O3/c31-25-12-11-22(30(25)18-19-16-27-21-9-4-3-8-20(19)21)26(32)28-17-23(24-10-7-15-33-24)29-13-5-1-2-6-14-29/h3-4,7-10,15-16,22-23,27H,1-2,5-6,11-14,17-18H2,(H,28,32). The van der Waals surface area contributed by atoms with E-state index < -0.39 is 6.04 Å². The van der Waals surface area contributed by atoms with Crippen LogP contribution in [0.5, 0.6) is 0 Å². The number of benzene rings is 1. The third-order valence-corrected chi connectivity index (χ3v) is 7.07. The van der Waals surface area contributed by atoms with Gasteiger partial charge in [0, 0.05) is 36.6 Å². The second kappa shape index (κ2) is 9.83. The number of para-hydroxylation sites is 1. The lowest BCUT2D eigenvalue weighted by molar-refractivity contribution is -0.135. The fraction of sp³-hybridized carbons (Fsp3) is 0.462. The molecular weight excluding hydrogens is 416 g/mol. The first-order chi connectivity index (χ1) is 16.2. The molecule has 2 saturated heterocycles. The van der Waals surface area contributed by atoms with Crippen molar-refractivity contribution in [3.05, 3.63) is 60.2 Å². The van der Waals surface area contributed by atoms with Crippen LogP contribution in [0.3, 0.4) is 0 Å². The maximum absolute atomic E-state index is 13.3. The van der Waals surface area contributed by atoms with E-state index in [1.165, 1.54) is 25.7 Å². The normalized spacial score (nSPS) is 20.8. The van der Waals surface area contributed by atoms with Crippen LogP contribution in [0.4, 0.5) is 0 Å². The number of amides is 2. The molecule has 2 amide bonds. The van der Waals surface area contributed by atoms with Crippen molar-refractivity contribution in [1.82, 2.24) is 20.1 Å². The summed E-state index contributed by atoms with van der Waals surface area (Å²) in [5, 5.41) is 4.25. The van der Waals surface area contributed by atoms with Gasteiger partial charge in [0.1, 0.15) is 11.8 Å². The molecule has 2 unspecified atom stereocenters. The molecule has 5 rings (SSSR count). The number of furan rings is 1. The number of hydrogen-bond acceptors (Lipinski definition) is 4. The van der Waals surface area contributed by atoms with Gasteiger partial charge >= 0.3 is 0 Å². The van der Waals surface area contributed by atoms with Crippen LogP contribution in [-0.2, 0) is 16.1 Å². The summed E-state index contributed by atoms with van der Waals surface area (Å²) in [5.41, 5.74) is 2.08. The molecule has 0 bridgehead atoms. The number of H-pyrrole nitrogens is 1. The number of likely N-dealkylation sites (tertiary alicyclic amines) is 2. The van der Waals surface area contributed by atoms with Crippen LogP contribution < -0.4 is 5.32 Å². The number of rotatable bonds is 7. The lowest BCUT2D eigenvalue weighted by atomic mass is 10.1. The molecule has 7 heteroatoms.